The Morgan fingerprint density at radius 3 is 2.88 bits per heavy atom. The van der Waals surface area contributed by atoms with Crippen molar-refractivity contribution >= 4 is 39.7 Å². The lowest BCUT2D eigenvalue weighted by Crippen LogP contribution is -1.96. The quantitative estimate of drug-likeness (QED) is 0.732. The van der Waals surface area contributed by atoms with E-state index in [1.807, 2.05) is 6.07 Å². The van der Waals surface area contributed by atoms with Crippen molar-refractivity contribution in [1.82, 2.24) is 15.0 Å². The van der Waals surface area contributed by atoms with E-state index in [1.54, 1.807) is 23.8 Å². The first-order chi connectivity index (χ1) is 8.24. The molecule has 6 heteroatoms. The zero-order valence-electron chi connectivity index (χ0n) is 8.59. The number of fused-ring (bicyclic) bond motifs is 1. The molecule has 0 spiro atoms. The molecule has 0 fully saturated rings. The predicted octanol–water partition coefficient (Wildman–Crippen LogP) is 2.99. The van der Waals surface area contributed by atoms with Crippen molar-refractivity contribution in [3.05, 3.63) is 34.9 Å². The smallest absolute Gasteiger partial charge is 0.173 e. The third kappa shape index (κ3) is 1.83. The van der Waals surface area contributed by atoms with Gasteiger partial charge in [0.1, 0.15) is 5.82 Å². The second-order valence-corrected chi connectivity index (χ2v) is 4.78. The Bertz CT molecular complexity index is 681. The summed E-state index contributed by atoms with van der Waals surface area (Å²) in [5.41, 5.74) is 8.38. The molecular formula is C11H7ClN4S. The van der Waals surface area contributed by atoms with Gasteiger partial charge in [0.05, 0.1) is 15.9 Å². The minimum absolute atomic E-state index is 0.454. The maximum absolute atomic E-state index is 5.94. The molecule has 0 amide bonds. The molecule has 3 aromatic rings. The fourth-order valence-electron chi connectivity index (χ4n) is 1.56. The highest BCUT2D eigenvalue weighted by Gasteiger charge is 2.08. The molecule has 0 saturated carbocycles. The van der Waals surface area contributed by atoms with Crippen LogP contribution in [0.2, 0.25) is 5.02 Å². The van der Waals surface area contributed by atoms with Crippen molar-refractivity contribution < 1.29 is 0 Å². The van der Waals surface area contributed by atoms with Crippen molar-refractivity contribution in [1.29, 1.82) is 0 Å². The van der Waals surface area contributed by atoms with Crippen LogP contribution in [0.5, 0.6) is 0 Å². The number of hydrogen-bond donors (Lipinski definition) is 1. The first kappa shape index (κ1) is 10.4. The lowest BCUT2D eigenvalue weighted by Gasteiger charge is -2.03. The number of anilines is 1. The van der Waals surface area contributed by atoms with Crippen LogP contribution < -0.4 is 5.73 Å². The van der Waals surface area contributed by atoms with Gasteiger partial charge in [-0.2, -0.15) is 0 Å². The molecule has 3 rings (SSSR count). The van der Waals surface area contributed by atoms with E-state index in [1.165, 1.54) is 11.3 Å². The van der Waals surface area contributed by atoms with Crippen molar-refractivity contribution in [3.63, 3.8) is 0 Å². The van der Waals surface area contributed by atoms with Gasteiger partial charge in [0.2, 0.25) is 0 Å². The van der Waals surface area contributed by atoms with E-state index >= 15 is 0 Å². The number of nitrogen functional groups attached to an aromatic ring is 1. The van der Waals surface area contributed by atoms with Gasteiger partial charge in [-0.25, -0.2) is 9.97 Å². The summed E-state index contributed by atoms with van der Waals surface area (Å²) in [6.07, 6.45) is 1.72. The molecule has 0 aliphatic carbocycles. The van der Waals surface area contributed by atoms with Gasteiger partial charge in [0.25, 0.3) is 0 Å². The zero-order chi connectivity index (χ0) is 11.8. The highest BCUT2D eigenvalue weighted by Crippen LogP contribution is 2.26. The molecule has 0 bridgehead atoms. The van der Waals surface area contributed by atoms with E-state index in [4.69, 9.17) is 17.3 Å². The summed E-state index contributed by atoms with van der Waals surface area (Å²) in [5, 5.41) is 1.44. The molecule has 1 aromatic carbocycles. The number of rotatable bonds is 1. The molecule has 0 unspecified atom stereocenters. The largest absolute Gasteiger partial charge is 0.383 e. The molecule has 0 saturated heterocycles. The normalized spacial score (nSPS) is 10.9. The Kier molecular flexibility index (Phi) is 2.42. The van der Waals surface area contributed by atoms with Gasteiger partial charge in [-0.3, -0.25) is 4.98 Å². The minimum atomic E-state index is 0.454. The van der Waals surface area contributed by atoms with Gasteiger partial charge in [0.15, 0.2) is 5.82 Å². The molecule has 84 valence electrons. The van der Waals surface area contributed by atoms with Crippen molar-refractivity contribution in [3.8, 4) is 10.7 Å². The molecule has 0 radical (unpaired) electrons. The highest BCUT2D eigenvalue weighted by molar-refractivity contribution is 7.13. The Balaban J connectivity index is 2.29. The molecule has 2 N–H and O–H groups in total. The lowest BCUT2D eigenvalue weighted by atomic mass is 10.2. The zero-order valence-corrected chi connectivity index (χ0v) is 10.2. The van der Waals surface area contributed by atoms with Gasteiger partial charge in [-0.1, -0.05) is 11.6 Å². The van der Waals surface area contributed by atoms with E-state index in [9.17, 15) is 0 Å². The van der Waals surface area contributed by atoms with E-state index in [-0.39, 0.29) is 0 Å². The molecule has 0 aliphatic rings. The fourth-order valence-corrected chi connectivity index (χ4v) is 2.28. The summed E-state index contributed by atoms with van der Waals surface area (Å²) in [4.78, 5) is 13.6. The molecule has 2 aromatic heterocycles. The Labute approximate surface area is 106 Å². The maximum atomic E-state index is 5.94. The monoisotopic (exact) mass is 262 g/mol. The van der Waals surface area contributed by atoms with E-state index in [0.29, 0.717) is 16.7 Å². The van der Waals surface area contributed by atoms with E-state index < -0.39 is 0 Å². The second kappa shape index (κ2) is 3.94. The van der Waals surface area contributed by atoms with E-state index in [2.05, 4.69) is 15.0 Å². The Morgan fingerprint density at radius 2 is 2.12 bits per heavy atom. The van der Waals surface area contributed by atoms with Crippen molar-refractivity contribution in [2.45, 2.75) is 0 Å². The molecule has 4 nitrogen and oxygen atoms in total. The fraction of sp³-hybridized carbons (Fsp3) is 0. The molecular weight excluding hydrogens is 256 g/mol. The Hall–Kier alpha value is -1.72. The van der Waals surface area contributed by atoms with Crippen LogP contribution in [0.1, 0.15) is 0 Å². The van der Waals surface area contributed by atoms with Gasteiger partial charge in [0, 0.05) is 16.6 Å². The SMILES string of the molecule is Nc1nc(-c2cncs2)nc2cc(Cl)ccc12. The lowest BCUT2D eigenvalue weighted by molar-refractivity contribution is 1.24. The number of aromatic nitrogens is 3. The van der Waals surface area contributed by atoms with Gasteiger partial charge >= 0.3 is 0 Å². The van der Waals surface area contributed by atoms with Gasteiger partial charge in [-0.05, 0) is 18.2 Å². The standard InChI is InChI=1S/C11H7ClN4S/c12-6-1-2-7-8(3-6)15-11(16-10(7)13)9-4-14-5-17-9/h1-5H,(H2,13,15,16). The first-order valence-electron chi connectivity index (χ1n) is 4.86. The molecule has 2 heterocycles. The first-order valence-corrected chi connectivity index (χ1v) is 6.11. The summed E-state index contributed by atoms with van der Waals surface area (Å²) in [6, 6.07) is 5.37. The van der Waals surface area contributed by atoms with Crippen molar-refractivity contribution in [2.75, 3.05) is 5.73 Å². The number of hydrogen-bond acceptors (Lipinski definition) is 5. The van der Waals surface area contributed by atoms with Crippen LogP contribution >= 0.6 is 22.9 Å². The third-order valence-corrected chi connectivity index (χ3v) is 3.35. The second-order valence-electron chi connectivity index (χ2n) is 3.46. The molecule has 0 atom stereocenters. The number of nitrogens with two attached hydrogens (primary N) is 1. The molecule has 0 aliphatic heterocycles. The topological polar surface area (TPSA) is 64.7 Å². The summed E-state index contributed by atoms with van der Waals surface area (Å²) in [5.74, 6) is 1.04. The van der Waals surface area contributed by atoms with Crippen LogP contribution in [0.25, 0.3) is 21.6 Å². The van der Waals surface area contributed by atoms with Crippen LogP contribution in [0.4, 0.5) is 5.82 Å². The average Bonchev–Trinajstić information content (AvgIpc) is 2.81. The van der Waals surface area contributed by atoms with Crippen LogP contribution in [0.15, 0.2) is 29.9 Å². The summed E-state index contributed by atoms with van der Waals surface area (Å²) in [7, 11) is 0. The number of benzene rings is 1. The van der Waals surface area contributed by atoms with Crippen LogP contribution in [-0.4, -0.2) is 15.0 Å². The highest BCUT2D eigenvalue weighted by atomic mass is 35.5. The van der Waals surface area contributed by atoms with E-state index in [0.717, 1.165) is 15.8 Å². The predicted molar refractivity (Wildman–Crippen MR) is 70.1 cm³/mol. The third-order valence-electron chi connectivity index (χ3n) is 2.34. The van der Waals surface area contributed by atoms with Crippen LogP contribution in [0.3, 0.4) is 0 Å². The summed E-state index contributed by atoms with van der Waals surface area (Å²) >= 11 is 7.41. The summed E-state index contributed by atoms with van der Waals surface area (Å²) in [6.45, 7) is 0. The average molecular weight is 263 g/mol. The maximum Gasteiger partial charge on any atom is 0.173 e. The van der Waals surface area contributed by atoms with Crippen molar-refractivity contribution in [2.24, 2.45) is 0 Å². The van der Waals surface area contributed by atoms with Gasteiger partial charge in [-0.15, -0.1) is 11.3 Å². The Morgan fingerprint density at radius 1 is 1.24 bits per heavy atom. The summed E-state index contributed by atoms with van der Waals surface area (Å²) < 4.78 is 0. The number of halogens is 1. The molecule has 17 heavy (non-hydrogen) atoms. The van der Waals surface area contributed by atoms with Crippen LogP contribution in [-0.2, 0) is 0 Å². The minimum Gasteiger partial charge on any atom is -0.383 e. The number of nitrogens with zero attached hydrogens (tertiary/aromatic N) is 3. The van der Waals surface area contributed by atoms with Crippen LogP contribution in [0, 0.1) is 0 Å². The number of thiazole rings is 1. The van der Waals surface area contributed by atoms with Gasteiger partial charge < -0.3 is 5.73 Å².